The first-order chi connectivity index (χ1) is 7.29. The van der Waals surface area contributed by atoms with E-state index in [0.717, 1.165) is 19.3 Å². The molecule has 0 aliphatic heterocycles. The first-order valence-electron chi connectivity index (χ1n) is 6.01. The van der Waals surface area contributed by atoms with Gasteiger partial charge in [0, 0.05) is 5.92 Å². The SMILES string of the molecule is OC(C1=C(Br)CCCC1)[C@H]1C=CCCC1. The van der Waals surface area contributed by atoms with Gasteiger partial charge in [-0.25, -0.2) is 0 Å². The number of hydrogen-bond donors (Lipinski definition) is 1. The van der Waals surface area contributed by atoms with Crippen LogP contribution in [0.25, 0.3) is 0 Å². The van der Waals surface area contributed by atoms with Gasteiger partial charge in [-0.15, -0.1) is 0 Å². The third-order valence-corrected chi connectivity index (χ3v) is 4.40. The maximum atomic E-state index is 10.3. The van der Waals surface area contributed by atoms with E-state index in [1.165, 1.54) is 35.7 Å². The topological polar surface area (TPSA) is 20.2 Å². The summed E-state index contributed by atoms with van der Waals surface area (Å²) in [6, 6.07) is 0. The van der Waals surface area contributed by atoms with E-state index in [9.17, 15) is 5.11 Å². The van der Waals surface area contributed by atoms with Crippen molar-refractivity contribution in [3.05, 3.63) is 22.2 Å². The molecular formula is C13H19BrO. The summed E-state index contributed by atoms with van der Waals surface area (Å²) >= 11 is 3.62. The van der Waals surface area contributed by atoms with E-state index < -0.39 is 0 Å². The normalized spacial score (nSPS) is 29.3. The Morgan fingerprint density at radius 1 is 1.27 bits per heavy atom. The van der Waals surface area contributed by atoms with Crippen LogP contribution in [0.2, 0.25) is 0 Å². The molecule has 2 aliphatic rings. The predicted octanol–water partition coefficient (Wildman–Crippen LogP) is 3.93. The van der Waals surface area contributed by atoms with Gasteiger partial charge in [-0.05, 0) is 55.0 Å². The standard InChI is InChI=1S/C13H19BrO/c14-12-9-5-4-8-11(12)13(15)10-6-2-1-3-7-10/h2,6,10,13,15H,1,3-5,7-9H2/t10-,13?/m0/s1. The molecule has 0 radical (unpaired) electrons. The molecule has 2 atom stereocenters. The largest absolute Gasteiger partial charge is 0.388 e. The highest BCUT2D eigenvalue weighted by Gasteiger charge is 2.25. The lowest BCUT2D eigenvalue weighted by molar-refractivity contribution is 0.150. The summed E-state index contributed by atoms with van der Waals surface area (Å²) in [6.45, 7) is 0. The molecule has 1 unspecified atom stereocenters. The zero-order valence-electron chi connectivity index (χ0n) is 9.08. The fourth-order valence-electron chi connectivity index (χ4n) is 2.56. The van der Waals surface area contributed by atoms with Gasteiger partial charge >= 0.3 is 0 Å². The molecule has 0 fully saturated rings. The molecule has 0 spiro atoms. The van der Waals surface area contributed by atoms with Gasteiger partial charge in [0.25, 0.3) is 0 Å². The van der Waals surface area contributed by atoms with Crippen LogP contribution in [0.4, 0.5) is 0 Å². The molecule has 0 aromatic heterocycles. The van der Waals surface area contributed by atoms with E-state index in [1.807, 2.05) is 0 Å². The Labute approximate surface area is 100 Å². The zero-order chi connectivity index (χ0) is 10.7. The number of rotatable bonds is 2. The van der Waals surface area contributed by atoms with Gasteiger partial charge in [0.1, 0.15) is 0 Å². The van der Waals surface area contributed by atoms with Gasteiger partial charge in [0.05, 0.1) is 6.10 Å². The molecule has 0 bridgehead atoms. The summed E-state index contributed by atoms with van der Waals surface area (Å²) in [5.74, 6) is 0.361. The fraction of sp³-hybridized carbons (Fsp3) is 0.692. The number of aliphatic hydroxyl groups excluding tert-OH is 1. The van der Waals surface area contributed by atoms with Crippen LogP contribution < -0.4 is 0 Å². The van der Waals surface area contributed by atoms with Crippen molar-refractivity contribution in [2.75, 3.05) is 0 Å². The van der Waals surface area contributed by atoms with Crippen molar-refractivity contribution in [3.8, 4) is 0 Å². The molecule has 0 saturated heterocycles. The minimum Gasteiger partial charge on any atom is -0.388 e. The van der Waals surface area contributed by atoms with E-state index in [0.29, 0.717) is 5.92 Å². The minimum absolute atomic E-state index is 0.240. The number of halogens is 1. The molecule has 0 aromatic carbocycles. The smallest absolute Gasteiger partial charge is 0.0823 e. The van der Waals surface area contributed by atoms with Crippen LogP contribution >= 0.6 is 15.9 Å². The Bertz CT molecular complexity index is 280. The van der Waals surface area contributed by atoms with Crippen molar-refractivity contribution >= 4 is 15.9 Å². The summed E-state index contributed by atoms with van der Waals surface area (Å²) in [7, 11) is 0. The predicted molar refractivity (Wildman–Crippen MR) is 66.9 cm³/mol. The summed E-state index contributed by atoms with van der Waals surface area (Å²) in [5.41, 5.74) is 1.26. The third kappa shape index (κ3) is 2.73. The number of allylic oxidation sites excluding steroid dienone is 2. The Morgan fingerprint density at radius 2 is 2.07 bits per heavy atom. The van der Waals surface area contributed by atoms with Crippen LogP contribution in [0.15, 0.2) is 22.2 Å². The Balaban J connectivity index is 2.08. The summed E-state index contributed by atoms with van der Waals surface area (Å²) in [6.07, 6.45) is 12.4. The fourth-order valence-corrected chi connectivity index (χ4v) is 3.27. The van der Waals surface area contributed by atoms with E-state index in [2.05, 4.69) is 28.1 Å². The molecule has 84 valence electrons. The summed E-state index contributed by atoms with van der Waals surface area (Å²) < 4.78 is 1.26. The average Bonchev–Trinajstić information content (AvgIpc) is 2.30. The molecule has 2 rings (SSSR count). The molecule has 1 nitrogen and oxygen atoms in total. The quantitative estimate of drug-likeness (QED) is 0.754. The zero-order valence-corrected chi connectivity index (χ0v) is 10.7. The lowest BCUT2D eigenvalue weighted by Gasteiger charge is -2.28. The maximum Gasteiger partial charge on any atom is 0.0823 e. The van der Waals surface area contributed by atoms with Crippen molar-refractivity contribution in [1.29, 1.82) is 0 Å². The van der Waals surface area contributed by atoms with Crippen LogP contribution in [-0.2, 0) is 0 Å². The van der Waals surface area contributed by atoms with E-state index >= 15 is 0 Å². The maximum absolute atomic E-state index is 10.3. The van der Waals surface area contributed by atoms with Gasteiger partial charge < -0.3 is 5.11 Å². The molecule has 0 saturated carbocycles. The highest BCUT2D eigenvalue weighted by molar-refractivity contribution is 9.11. The van der Waals surface area contributed by atoms with Crippen molar-refractivity contribution < 1.29 is 5.11 Å². The lowest BCUT2D eigenvalue weighted by atomic mass is 9.83. The monoisotopic (exact) mass is 270 g/mol. The Kier molecular flexibility index (Phi) is 4.04. The first-order valence-corrected chi connectivity index (χ1v) is 6.80. The van der Waals surface area contributed by atoms with Gasteiger partial charge in [0.15, 0.2) is 0 Å². The van der Waals surface area contributed by atoms with Gasteiger partial charge in [-0.2, -0.15) is 0 Å². The molecule has 0 aromatic rings. The van der Waals surface area contributed by atoms with E-state index in [1.54, 1.807) is 0 Å². The Hall–Kier alpha value is -0.0800. The lowest BCUT2D eigenvalue weighted by Crippen LogP contribution is -2.24. The Morgan fingerprint density at radius 3 is 2.73 bits per heavy atom. The van der Waals surface area contributed by atoms with Crippen molar-refractivity contribution in [2.45, 2.75) is 51.0 Å². The third-order valence-electron chi connectivity index (χ3n) is 3.49. The molecule has 1 N–H and O–H groups in total. The van der Waals surface area contributed by atoms with Crippen LogP contribution in [0.3, 0.4) is 0 Å². The van der Waals surface area contributed by atoms with Crippen molar-refractivity contribution in [3.63, 3.8) is 0 Å². The van der Waals surface area contributed by atoms with E-state index in [-0.39, 0.29) is 6.10 Å². The van der Waals surface area contributed by atoms with Gasteiger partial charge in [-0.1, -0.05) is 28.1 Å². The molecule has 0 heterocycles. The highest BCUT2D eigenvalue weighted by atomic mass is 79.9. The highest BCUT2D eigenvalue weighted by Crippen LogP contribution is 2.35. The second-order valence-corrected chi connectivity index (χ2v) is 5.56. The van der Waals surface area contributed by atoms with Crippen LogP contribution in [0.1, 0.15) is 44.9 Å². The molecule has 0 amide bonds. The van der Waals surface area contributed by atoms with Crippen LogP contribution in [-0.4, -0.2) is 11.2 Å². The molecule has 2 heteroatoms. The van der Waals surface area contributed by atoms with Crippen molar-refractivity contribution in [1.82, 2.24) is 0 Å². The van der Waals surface area contributed by atoms with Gasteiger partial charge in [-0.3, -0.25) is 0 Å². The van der Waals surface area contributed by atoms with Crippen LogP contribution in [0.5, 0.6) is 0 Å². The summed E-state index contributed by atoms with van der Waals surface area (Å²) in [5, 5.41) is 10.3. The molecule has 15 heavy (non-hydrogen) atoms. The van der Waals surface area contributed by atoms with Crippen molar-refractivity contribution in [2.24, 2.45) is 5.92 Å². The molecular weight excluding hydrogens is 252 g/mol. The average molecular weight is 271 g/mol. The summed E-state index contributed by atoms with van der Waals surface area (Å²) in [4.78, 5) is 0. The first kappa shape index (κ1) is 11.4. The number of hydrogen-bond acceptors (Lipinski definition) is 1. The van der Waals surface area contributed by atoms with Gasteiger partial charge in [0.2, 0.25) is 0 Å². The van der Waals surface area contributed by atoms with Crippen LogP contribution in [0, 0.1) is 5.92 Å². The minimum atomic E-state index is -0.240. The number of aliphatic hydroxyl groups is 1. The molecule has 2 aliphatic carbocycles. The second-order valence-electron chi connectivity index (χ2n) is 4.60. The second kappa shape index (κ2) is 5.31. The van der Waals surface area contributed by atoms with E-state index in [4.69, 9.17) is 0 Å².